The smallest absolute Gasteiger partial charge is 0.398 e. The Morgan fingerprint density at radius 2 is 1.74 bits per heavy atom. The van der Waals surface area contributed by atoms with Crippen molar-refractivity contribution < 1.29 is 9.31 Å². The fourth-order valence-electron chi connectivity index (χ4n) is 1.96. The number of rotatable bonds is 3. The van der Waals surface area contributed by atoms with Crippen LogP contribution in [-0.4, -0.2) is 28.3 Å². The summed E-state index contributed by atoms with van der Waals surface area (Å²) in [5.41, 5.74) is 1.18. The minimum absolute atomic E-state index is 0.334. The average Bonchev–Trinajstić information content (AvgIpc) is 2.58. The number of nitrogens with zero attached hydrogens (tertiary/aromatic N) is 2. The van der Waals surface area contributed by atoms with Gasteiger partial charge in [0.15, 0.2) is 0 Å². The molecule has 1 aromatic heterocycles. The van der Waals surface area contributed by atoms with E-state index in [1.807, 2.05) is 33.8 Å². The molecule has 0 aliphatic carbocycles. The Balaban J connectivity index is 2.25. The van der Waals surface area contributed by atoms with E-state index < -0.39 is 7.12 Å². The van der Waals surface area contributed by atoms with Crippen LogP contribution in [0.15, 0.2) is 12.4 Å². The molecule has 1 saturated heterocycles. The van der Waals surface area contributed by atoms with Gasteiger partial charge in [-0.15, -0.1) is 0 Å². The van der Waals surface area contributed by atoms with E-state index in [2.05, 4.69) is 23.8 Å². The highest BCUT2D eigenvalue weighted by molar-refractivity contribution is 6.61. The second kappa shape index (κ2) is 4.87. The molecule has 19 heavy (non-hydrogen) atoms. The van der Waals surface area contributed by atoms with Gasteiger partial charge in [0.25, 0.3) is 0 Å². The minimum atomic E-state index is -0.407. The number of aromatic nitrogens is 2. The quantitative estimate of drug-likeness (QED) is 0.784. The molecule has 4 nitrogen and oxygen atoms in total. The van der Waals surface area contributed by atoms with Crippen molar-refractivity contribution in [3.8, 4) is 0 Å². The van der Waals surface area contributed by atoms with Gasteiger partial charge in [-0.25, -0.2) is 9.97 Å². The van der Waals surface area contributed by atoms with Crippen molar-refractivity contribution in [2.75, 3.05) is 0 Å². The Morgan fingerprint density at radius 3 is 2.26 bits per heavy atom. The van der Waals surface area contributed by atoms with Crippen LogP contribution in [0.1, 0.15) is 59.6 Å². The summed E-state index contributed by atoms with van der Waals surface area (Å²) in [6.07, 6.45) is 2.65. The van der Waals surface area contributed by atoms with Crippen LogP contribution in [0.2, 0.25) is 0 Å². The summed E-state index contributed by atoms with van der Waals surface area (Å²) in [7, 11) is -0.407. The summed E-state index contributed by atoms with van der Waals surface area (Å²) in [6, 6.07) is 2.00. The predicted octanol–water partition coefficient (Wildman–Crippen LogP) is 2.29. The van der Waals surface area contributed by atoms with E-state index in [-0.39, 0.29) is 11.2 Å². The summed E-state index contributed by atoms with van der Waals surface area (Å²) in [5.74, 6) is 0.421. The van der Waals surface area contributed by atoms with Crippen molar-refractivity contribution in [3.63, 3.8) is 0 Å². The third-order valence-electron chi connectivity index (χ3n) is 4.32. The summed E-state index contributed by atoms with van der Waals surface area (Å²) in [5, 5.41) is 0. The Morgan fingerprint density at radius 1 is 1.16 bits per heavy atom. The average molecular weight is 262 g/mol. The zero-order valence-electron chi connectivity index (χ0n) is 12.7. The second-order valence-corrected chi connectivity index (χ2v) is 6.27. The standard InChI is InChI=1S/C14H23BN2O2/c1-7-10(2)11-8-12(17-9-16-11)15-18-13(3,4)14(5,6)19-15/h8-10H,7H2,1-6H3. The molecule has 1 aliphatic heterocycles. The minimum Gasteiger partial charge on any atom is -0.398 e. The van der Waals surface area contributed by atoms with Crippen LogP contribution in [0.5, 0.6) is 0 Å². The molecule has 0 saturated carbocycles. The maximum Gasteiger partial charge on any atom is 0.514 e. The van der Waals surface area contributed by atoms with Gasteiger partial charge in [-0.05, 0) is 46.1 Å². The monoisotopic (exact) mass is 262 g/mol. The zero-order valence-corrected chi connectivity index (χ0v) is 12.7. The molecule has 1 aromatic rings. The third-order valence-corrected chi connectivity index (χ3v) is 4.32. The van der Waals surface area contributed by atoms with Crippen LogP contribution >= 0.6 is 0 Å². The Kier molecular flexibility index (Phi) is 3.71. The molecule has 2 rings (SSSR count). The van der Waals surface area contributed by atoms with E-state index in [9.17, 15) is 0 Å². The molecule has 2 heterocycles. The lowest BCUT2D eigenvalue weighted by Gasteiger charge is -2.32. The second-order valence-electron chi connectivity index (χ2n) is 6.27. The van der Waals surface area contributed by atoms with E-state index in [1.165, 1.54) is 0 Å². The molecule has 0 radical (unpaired) electrons. The van der Waals surface area contributed by atoms with Crippen LogP contribution in [-0.2, 0) is 9.31 Å². The van der Waals surface area contributed by atoms with E-state index in [0.29, 0.717) is 5.92 Å². The van der Waals surface area contributed by atoms with Gasteiger partial charge in [0.05, 0.1) is 16.8 Å². The molecule has 1 aliphatic rings. The van der Waals surface area contributed by atoms with Gasteiger partial charge in [-0.1, -0.05) is 13.8 Å². The lowest BCUT2D eigenvalue weighted by atomic mass is 9.83. The summed E-state index contributed by atoms with van der Waals surface area (Å²) >= 11 is 0. The Labute approximate surface area is 116 Å². The van der Waals surface area contributed by atoms with Crippen LogP contribution in [0, 0.1) is 0 Å². The molecule has 0 bridgehead atoms. The van der Waals surface area contributed by atoms with Gasteiger partial charge in [-0.3, -0.25) is 0 Å². The van der Waals surface area contributed by atoms with Gasteiger partial charge in [0, 0.05) is 5.69 Å². The lowest BCUT2D eigenvalue weighted by molar-refractivity contribution is 0.00578. The molecule has 104 valence electrons. The first-order valence-electron chi connectivity index (χ1n) is 6.94. The fourth-order valence-corrected chi connectivity index (χ4v) is 1.96. The Bertz CT molecular complexity index is 447. The normalized spacial score (nSPS) is 22.5. The zero-order chi connectivity index (χ0) is 14.3. The molecule has 0 spiro atoms. The number of hydrogen-bond donors (Lipinski definition) is 0. The first-order chi connectivity index (χ1) is 8.77. The van der Waals surface area contributed by atoms with E-state index in [0.717, 1.165) is 17.7 Å². The summed E-state index contributed by atoms with van der Waals surface area (Å²) < 4.78 is 12.0. The van der Waals surface area contributed by atoms with Crippen molar-refractivity contribution in [1.29, 1.82) is 0 Å². The lowest BCUT2D eigenvalue weighted by Crippen LogP contribution is -2.41. The van der Waals surface area contributed by atoms with E-state index in [4.69, 9.17) is 9.31 Å². The van der Waals surface area contributed by atoms with Crippen molar-refractivity contribution in [1.82, 2.24) is 9.97 Å². The first-order valence-corrected chi connectivity index (χ1v) is 6.94. The van der Waals surface area contributed by atoms with Gasteiger partial charge in [0.1, 0.15) is 6.33 Å². The van der Waals surface area contributed by atoms with Crippen LogP contribution in [0.25, 0.3) is 0 Å². The molecule has 0 N–H and O–H groups in total. The third kappa shape index (κ3) is 2.67. The van der Waals surface area contributed by atoms with Crippen molar-refractivity contribution in [3.05, 3.63) is 18.1 Å². The van der Waals surface area contributed by atoms with E-state index in [1.54, 1.807) is 6.33 Å². The maximum atomic E-state index is 6.01. The molecular weight excluding hydrogens is 239 g/mol. The van der Waals surface area contributed by atoms with Crippen molar-refractivity contribution in [2.45, 2.75) is 65.1 Å². The topological polar surface area (TPSA) is 44.2 Å². The number of hydrogen-bond acceptors (Lipinski definition) is 4. The van der Waals surface area contributed by atoms with Gasteiger partial charge < -0.3 is 9.31 Å². The van der Waals surface area contributed by atoms with Crippen LogP contribution < -0.4 is 5.59 Å². The SMILES string of the molecule is CCC(C)c1cc(B2OC(C)(C)C(C)(C)O2)ncn1. The molecule has 1 unspecified atom stereocenters. The summed E-state index contributed by atoms with van der Waals surface area (Å²) in [4.78, 5) is 8.64. The highest BCUT2D eigenvalue weighted by atomic mass is 16.7. The van der Waals surface area contributed by atoms with Crippen LogP contribution in [0.3, 0.4) is 0 Å². The van der Waals surface area contributed by atoms with Gasteiger partial charge in [-0.2, -0.15) is 0 Å². The van der Waals surface area contributed by atoms with Gasteiger partial charge >= 0.3 is 7.12 Å². The van der Waals surface area contributed by atoms with Crippen LogP contribution in [0.4, 0.5) is 0 Å². The molecule has 0 aromatic carbocycles. The highest BCUT2D eigenvalue weighted by Crippen LogP contribution is 2.36. The summed E-state index contributed by atoms with van der Waals surface area (Å²) in [6.45, 7) is 12.5. The molecule has 0 amide bonds. The molecule has 1 fully saturated rings. The maximum absolute atomic E-state index is 6.01. The molecular formula is C14H23BN2O2. The largest absolute Gasteiger partial charge is 0.514 e. The van der Waals surface area contributed by atoms with E-state index >= 15 is 0 Å². The molecule has 5 heteroatoms. The fraction of sp³-hybridized carbons (Fsp3) is 0.714. The Hall–Kier alpha value is -0.935. The van der Waals surface area contributed by atoms with Crippen molar-refractivity contribution >= 4 is 12.7 Å². The van der Waals surface area contributed by atoms with Crippen molar-refractivity contribution in [2.24, 2.45) is 0 Å². The first kappa shape index (κ1) is 14.5. The highest BCUT2D eigenvalue weighted by Gasteiger charge is 2.52. The van der Waals surface area contributed by atoms with Gasteiger partial charge in [0.2, 0.25) is 0 Å². The predicted molar refractivity (Wildman–Crippen MR) is 76.5 cm³/mol. The molecule has 1 atom stereocenters.